The van der Waals surface area contributed by atoms with Gasteiger partial charge in [-0.25, -0.2) is 0 Å². The second-order valence-corrected chi connectivity index (χ2v) is 3.84. The first-order valence-electron chi connectivity index (χ1n) is 4.60. The number of nitrogens with two attached hydrogens (primary N) is 1. The third-order valence-corrected chi connectivity index (χ3v) is 2.87. The molecule has 0 aromatic rings. The van der Waals surface area contributed by atoms with Gasteiger partial charge < -0.3 is 16.3 Å². The van der Waals surface area contributed by atoms with E-state index in [0.717, 1.165) is 25.7 Å². The van der Waals surface area contributed by atoms with Crippen LogP contribution in [-0.4, -0.2) is 52.7 Å². The molecule has 0 bridgehead atoms. The molecular weight excluding hydrogens is 193 g/mol. The molecule has 0 atom stereocenters. The zero-order valence-electron chi connectivity index (χ0n) is 7.88. The molecule has 0 amide bonds. The van der Waals surface area contributed by atoms with Gasteiger partial charge in [0.15, 0.2) is 0 Å². The van der Waals surface area contributed by atoms with Crippen LogP contribution in [0.5, 0.6) is 0 Å². The van der Waals surface area contributed by atoms with E-state index < -0.39 is 5.97 Å². The number of rotatable bonds is 3. The number of aliphatic carboxylic acids is 1. The Labute approximate surface area is 107 Å². The predicted molar refractivity (Wildman–Crippen MR) is 57.6 cm³/mol. The van der Waals surface area contributed by atoms with Gasteiger partial charge in [-0.2, -0.15) is 0 Å². The van der Waals surface area contributed by atoms with Crippen molar-refractivity contribution in [3.63, 3.8) is 0 Å². The van der Waals surface area contributed by atoms with Gasteiger partial charge in [0.2, 0.25) is 0 Å². The Morgan fingerprint density at radius 1 is 1.29 bits per heavy atom. The van der Waals surface area contributed by atoms with Crippen LogP contribution in [0, 0.1) is 5.41 Å². The molecule has 0 saturated heterocycles. The van der Waals surface area contributed by atoms with Crippen molar-refractivity contribution in [1.29, 1.82) is 0 Å². The van der Waals surface area contributed by atoms with Crippen LogP contribution in [0.25, 0.3) is 0 Å². The number of carbonyl (C=O) groups is 1. The van der Waals surface area contributed by atoms with Gasteiger partial charge in [0.1, 0.15) is 0 Å². The van der Waals surface area contributed by atoms with Gasteiger partial charge in [0.25, 0.3) is 0 Å². The molecule has 1 aliphatic rings. The van der Waals surface area contributed by atoms with Crippen LogP contribution in [0.1, 0.15) is 38.5 Å². The van der Waals surface area contributed by atoms with Gasteiger partial charge in [0.05, 0.1) is 6.42 Å². The van der Waals surface area contributed by atoms with E-state index in [1.165, 1.54) is 6.42 Å². The molecule has 1 rings (SSSR count). The van der Waals surface area contributed by atoms with E-state index in [1.54, 1.807) is 0 Å². The van der Waals surface area contributed by atoms with E-state index in [2.05, 4.69) is 0 Å². The summed E-state index contributed by atoms with van der Waals surface area (Å²) in [6.45, 7) is 0.527. The molecule has 0 radical (unpaired) electrons. The Morgan fingerprint density at radius 3 is 2.14 bits per heavy atom. The predicted octanol–water partition coefficient (Wildman–Crippen LogP) is -0.103. The first-order chi connectivity index (χ1) is 5.68. The maximum absolute atomic E-state index is 10.6. The Balaban J connectivity index is 0. The molecule has 1 saturated carbocycles. The van der Waals surface area contributed by atoms with E-state index in [9.17, 15) is 4.79 Å². The van der Waals surface area contributed by atoms with Crippen LogP contribution in [0.15, 0.2) is 0 Å². The minimum atomic E-state index is -0.706. The third-order valence-electron chi connectivity index (χ3n) is 2.87. The van der Waals surface area contributed by atoms with Crippen molar-refractivity contribution in [3.05, 3.63) is 0 Å². The molecule has 0 aromatic heterocycles. The maximum atomic E-state index is 10.6. The van der Waals surface area contributed by atoms with Crippen LogP contribution in [-0.2, 0) is 4.79 Å². The average Bonchev–Trinajstić information content (AvgIpc) is 2.05. The zero-order chi connectivity index (χ0) is 9.03. The molecule has 0 unspecified atom stereocenters. The third kappa shape index (κ3) is 4.75. The van der Waals surface area contributed by atoms with E-state index in [1.807, 2.05) is 0 Å². The van der Waals surface area contributed by atoms with E-state index in [0.29, 0.717) is 6.54 Å². The summed E-state index contributed by atoms with van der Waals surface area (Å²) >= 11 is 0. The van der Waals surface area contributed by atoms with Gasteiger partial charge in [0, 0.05) is 0 Å². The fourth-order valence-electron chi connectivity index (χ4n) is 2.08. The number of carboxylic acids is 1. The molecule has 0 heterocycles. The fraction of sp³-hybridized carbons (Fsp3) is 0.889. The van der Waals surface area contributed by atoms with Gasteiger partial charge in [-0.3, -0.25) is 4.79 Å². The van der Waals surface area contributed by atoms with E-state index in [-0.39, 0.29) is 46.9 Å². The Bertz CT molecular complexity index is 169. The second-order valence-electron chi connectivity index (χ2n) is 3.84. The Kier molecular flexibility index (Phi) is 9.19. The molecular formula is C9H20NNaO3. The Hall–Kier alpha value is 0.390. The van der Waals surface area contributed by atoms with Crippen LogP contribution in [0.2, 0.25) is 0 Å². The number of hydrogen-bond acceptors (Lipinski definition) is 2. The van der Waals surface area contributed by atoms with Gasteiger partial charge in [-0.05, 0) is 24.8 Å². The van der Waals surface area contributed by atoms with E-state index in [4.69, 9.17) is 10.8 Å². The number of hydrogen-bond donors (Lipinski definition) is 2. The van der Waals surface area contributed by atoms with Crippen molar-refractivity contribution in [2.45, 2.75) is 38.5 Å². The summed E-state index contributed by atoms with van der Waals surface area (Å²) in [6.07, 6.45) is 5.77. The summed E-state index contributed by atoms with van der Waals surface area (Å²) in [5, 5.41) is 8.71. The van der Waals surface area contributed by atoms with Gasteiger partial charge in [-0.15, -0.1) is 0 Å². The topological polar surface area (TPSA) is 94.8 Å². The van der Waals surface area contributed by atoms with Crippen molar-refractivity contribution in [3.8, 4) is 0 Å². The molecule has 0 spiro atoms. The number of carboxylic acid groups (broad SMARTS) is 1. The summed E-state index contributed by atoms with van der Waals surface area (Å²) in [5.74, 6) is -0.706. The molecule has 0 aromatic carbocycles. The molecule has 1 aliphatic carbocycles. The zero-order valence-corrected chi connectivity index (χ0v) is 7.88. The molecule has 4 nitrogen and oxygen atoms in total. The summed E-state index contributed by atoms with van der Waals surface area (Å²) in [5.41, 5.74) is 5.54. The van der Waals surface area contributed by atoms with Crippen molar-refractivity contribution in [1.82, 2.24) is 0 Å². The van der Waals surface area contributed by atoms with E-state index >= 15 is 0 Å². The van der Waals surface area contributed by atoms with Crippen LogP contribution in [0.3, 0.4) is 0 Å². The summed E-state index contributed by atoms with van der Waals surface area (Å²) in [7, 11) is 0. The molecule has 1 fully saturated rings. The summed E-state index contributed by atoms with van der Waals surface area (Å²) in [4.78, 5) is 10.6. The van der Waals surface area contributed by atoms with Crippen molar-refractivity contribution < 1.29 is 15.4 Å². The van der Waals surface area contributed by atoms with Gasteiger partial charge in [-0.1, -0.05) is 19.3 Å². The molecule has 80 valence electrons. The second kappa shape index (κ2) is 7.65. The van der Waals surface area contributed by atoms with Crippen molar-refractivity contribution in [2.24, 2.45) is 11.1 Å². The van der Waals surface area contributed by atoms with Crippen LogP contribution >= 0.6 is 0 Å². The van der Waals surface area contributed by atoms with Crippen LogP contribution in [0.4, 0.5) is 0 Å². The normalized spacial score (nSPS) is 18.9. The quantitative estimate of drug-likeness (QED) is 0.641. The molecule has 5 N–H and O–H groups in total. The fourth-order valence-corrected chi connectivity index (χ4v) is 2.08. The SMILES string of the molecule is NCC1(CC(=O)O)CCCCC1.O.[NaH]. The molecule has 5 heteroatoms. The first kappa shape index (κ1) is 16.8. The monoisotopic (exact) mass is 213 g/mol. The summed E-state index contributed by atoms with van der Waals surface area (Å²) in [6, 6.07) is 0. The van der Waals surface area contributed by atoms with Gasteiger partial charge >= 0.3 is 35.5 Å². The molecule has 0 aliphatic heterocycles. The first-order valence-corrected chi connectivity index (χ1v) is 4.60. The molecule has 14 heavy (non-hydrogen) atoms. The van der Waals surface area contributed by atoms with Crippen LogP contribution < -0.4 is 5.73 Å². The standard InChI is InChI=1S/C9H17NO2.Na.H2O.H/c10-7-9(6-8(11)12)4-2-1-3-5-9;;;/h1-7,10H2,(H,11,12);;1H2;. The summed E-state index contributed by atoms with van der Waals surface area (Å²) < 4.78 is 0. The average molecular weight is 213 g/mol. The Morgan fingerprint density at radius 2 is 1.79 bits per heavy atom. The van der Waals surface area contributed by atoms with Crippen molar-refractivity contribution >= 4 is 35.5 Å². The van der Waals surface area contributed by atoms with Crippen molar-refractivity contribution in [2.75, 3.05) is 6.54 Å². The minimum absolute atomic E-state index is 0.